The molecule has 0 N–H and O–H groups in total. The highest BCUT2D eigenvalue weighted by atomic mass is 35.5. The van der Waals surface area contributed by atoms with Crippen molar-refractivity contribution < 1.29 is 4.79 Å². The van der Waals surface area contributed by atoms with Gasteiger partial charge in [-0.05, 0) is 30.5 Å². The maximum absolute atomic E-state index is 12.8. The minimum atomic E-state index is -0.152. The van der Waals surface area contributed by atoms with Crippen molar-refractivity contribution in [2.45, 2.75) is 6.92 Å². The zero-order valence-corrected chi connectivity index (χ0v) is 12.9. The van der Waals surface area contributed by atoms with Gasteiger partial charge in [-0.1, -0.05) is 48.0 Å². The Bertz CT molecular complexity index is 827. The van der Waals surface area contributed by atoms with Gasteiger partial charge in [0.2, 0.25) is 0 Å². The van der Waals surface area contributed by atoms with Crippen molar-refractivity contribution in [1.82, 2.24) is 4.98 Å². The van der Waals surface area contributed by atoms with Crippen LogP contribution < -0.4 is 4.90 Å². The van der Waals surface area contributed by atoms with E-state index < -0.39 is 0 Å². The Balaban J connectivity index is 2.08. The van der Waals surface area contributed by atoms with Crippen LogP contribution in [0.2, 0.25) is 5.02 Å². The van der Waals surface area contributed by atoms with E-state index in [-0.39, 0.29) is 5.91 Å². The SMILES string of the molecule is CCN(C(=O)c1cc(Cl)ccn1)c1cccc2ccccc12. The molecular formula is C18H15ClN2O. The smallest absolute Gasteiger partial charge is 0.276 e. The minimum absolute atomic E-state index is 0.152. The summed E-state index contributed by atoms with van der Waals surface area (Å²) in [6.45, 7) is 2.51. The number of hydrogen-bond acceptors (Lipinski definition) is 2. The molecule has 0 saturated carbocycles. The van der Waals surface area contributed by atoms with Gasteiger partial charge in [-0.25, -0.2) is 0 Å². The largest absolute Gasteiger partial charge is 0.307 e. The molecular weight excluding hydrogens is 296 g/mol. The minimum Gasteiger partial charge on any atom is -0.307 e. The number of anilines is 1. The Morgan fingerprint density at radius 1 is 1.14 bits per heavy atom. The Hall–Kier alpha value is -2.39. The molecule has 3 nitrogen and oxygen atoms in total. The number of nitrogens with zero attached hydrogens (tertiary/aromatic N) is 2. The first-order valence-electron chi connectivity index (χ1n) is 7.12. The Kier molecular flexibility index (Phi) is 4.07. The molecule has 0 aliphatic rings. The molecule has 0 saturated heterocycles. The number of carbonyl (C=O) groups excluding carboxylic acids is 1. The number of pyridine rings is 1. The van der Waals surface area contributed by atoms with E-state index >= 15 is 0 Å². The van der Waals surface area contributed by atoms with E-state index in [1.807, 2.05) is 49.4 Å². The lowest BCUT2D eigenvalue weighted by Gasteiger charge is -2.22. The third-order valence-corrected chi connectivity index (χ3v) is 3.79. The summed E-state index contributed by atoms with van der Waals surface area (Å²) in [4.78, 5) is 18.6. The highest BCUT2D eigenvalue weighted by Gasteiger charge is 2.19. The second-order valence-corrected chi connectivity index (χ2v) is 5.34. The zero-order valence-electron chi connectivity index (χ0n) is 12.2. The fourth-order valence-corrected chi connectivity index (χ4v) is 2.69. The van der Waals surface area contributed by atoms with Gasteiger partial charge in [-0.15, -0.1) is 0 Å². The van der Waals surface area contributed by atoms with E-state index in [2.05, 4.69) is 4.98 Å². The van der Waals surface area contributed by atoms with Gasteiger partial charge >= 0.3 is 0 Å². The number of aromatic nitrogens is 1. The highest BCUT2D eigenvalue weighted by molar-refractivity contribution is 6.31. The predicted octanol–water partition coefficient (Wildman–Crippen LogP) is 4.55. The average Bonchev–Trinajstić information content (AvgIpc) is 2.55. The molecule has 4 heteroatoms. The molecule has 22 heavy (non-hydrogen) atoms. The monoisotopic (exact) mass is 310 g/mol. The van der Waals surface area contributed by atoms with Gasteiger partial charge in [0, 0.05) is 23.2 Å². The fraction of sp³-hybridized carbons (Fsp3) is 0.111. The van der Waals surface area contributed by atoms with Crippen LogP contribution in [0.15, 0.2) is 60.8 Å². The van der Waals surface area contributed by atoms with Crippen LogP contribution in [-0.2, 0) is 0 Å². The van der Waals surface area contributed by atoms with Crippen molar-refractivity contribution in [3.8, 4) is 0 Å². The lowest BCUT2D eigenvalue weighted by Crippen LogP contribution is -2.31. The number of carbonyl (C=O) groups is 1. The summed E-state index contributed by atoms with van der Waals surface area (Å²) >= 11 is 5.97. The summed E-state index contributed by atoms with van der Waals surface area (Å²) in [6, 6.07) is 17.2. The number of halogens is 1. The molecule has 1 amide bonds. The maximum Gasteiger partial charge on any atom is 0.276 e. The van der Waals surface area contributed by atoms with Gasteiger partial charge in [0.15, 0.2) is 0 Å². The van der Waals surface area contributed by atoms with Crippen LogP contribution in [0.5, 0.6) is 0 Å². The van der Waals surface area contributed by atoms with E-state index in [0.29, 0.717) is 17.3 Å². The molecule has 0 aliphatic carbocycles. The van der Waals surface area contributed by atoms with Gasteiger partial charge in [0.05, 0.1) is 5.69 Å². The van der Waals surface area contributed by atoms with Crippen LogP contribution in [0.25, 0.3) is 10.8 Å². The second kappa shape index (κ2) is 6.16. The summed E-state index contributed by atoms with van der Waals surface area (Å²) in [5.74, 6) is -0.152. The van der Waals surface area contributed by atoms with Crippen LogP contribution in [0, 0.1) is 0 Å². The molecule has 0 unspecified atom stereocenters. The predicted molar refractivity (Wildman–Crippen MR) is 90.5 cm³/mol. The van der Waals surface area contributed by atoms with Gasteiger partial charge in [-0.3, -0.25) is 9.78 Å². The van der Waals surface area contributed by atoms with Crippen molar-refractivity contribution >= 4 is 34.0 Å². The number of amides is 1. The van der Waals surface area contributed by atoms with Crippen molar-refractivity contribution in [3.05, 3.63) is 71.5 Å². The highest BCUT2D eigenvalue weighted by Crippen LogP contribution is 2.27. The number of rotatable bonds is 3. The maximum atomic E-state index is 12.8. The normalized spacial score (nSPS) is 10.6. The van der Waals surface area contributed by atoms with Crippen LogP contribution in [-0.4, -0.2) is 17.4 Å². The third-order valence-electron chi connectivity index (χ3n) is 3.56. The summed E-state index contributed by atoms with van der Waals surface area (Å²) in [5, 5.41) is 2.65. The standard InChI is InChI=1S/C18H15ClN2O/c1-2-21(18(22)16-12-14(19)10-11-20-16)17-9-5-7-13-6-3-4-8-15(13)17/h3-12H,2H2,1H3. The fourth-order valence-electron chi connectivity index (χ4n) is 2.53. The first kappa shape index (κ1) is 14.5. The van der Waals surface area contributed by atoms with Crippen LogP contribution in [0.4, 0.5) is 5.69 Å². The summed E-state index contributed by atoms with van der Waals surface area (Å²) in [7, 11) is 0. The van der Waals surface area contributed by atoms with Gasteiger partial charge in [0.1, 0.15) is 5.69 Å². The third kappa shape index (κ3) is 2.68. The molecule has 3 rings (SSSR count). The molecule has 3 aromatic rings. The van der Waals surface area contributed by atoms with E-state index in [4.69, 9.17) is 11.6 Å². The molecule has 0 spiro atoms. The quantitative estimate of drug-likeness (QED) is 0.710. The van der Waals surface area contributed by atoms with Crippen LogP contribution in [0.1, 0.15) is 17.4 Å². The van der Waals surface area contributed by atoms with E-state index in [1.54, 1.807) is 23.2 Å². The van der Waals surface area contributed by atoms with Crippen LogP contribution in [0.3, 0.4) is 0 Å². The molecule has 2 aromatic carbocycles. The second-order valence-electron chi connectivity index (χ2n) is 4.91. The van der Waals surface area contributed by atoms with Crippen molar-refractivity contribution in [3.63, 3.8) is 0 Å². The molecule has 0 aliphatic heterocycles. The molecule has 110 valence electrons. The van der Waals surface area contributed by atoms with E-state index in [1.165, 1.54) is 0 Å². The zero-order chi connectivity index (χ0) is 15.5. The first-order chi connectivity index (χ1) is 10.7. The summed E-state index contributed by atoms with van der Waals surface area (Å²) in [5.41, 5.74) is 1.23. The molecule has 0 fully saturated rings. The van der Waals surface area contributed by atoms with Crippen molar-refractivity contribution in [2.24, 2.45) is 0 Å². The lowest BCUT2D eigenvalue weighted by molar-refractivity contribution is 0.0984. The van der Waals surface area contributed by atoms with Gasteiger partial charge in [0.25, 0.3) is 5.91 Å². The Morgan fingerprint density at radius 2 is 1.91 bits per heavy atom. The lowest BCUT2D eigenvalue weighted by atomic mass is 10.1. The van der Waals surface area contributed by atoms with Crippen molar-refractivity contribution in [2.75, 3.05) is 11.4 Å². The van der Waals surface area contributed by atoms with E-state index in [0.717, 1.165) is 16.5 Å². The topological polar surface area (TPSA) is 33.2 Å². The first-order valence-corrected chi connectivity index (χ1v) is 7.49. The number of fused-ring (bicyclic) bond motifs is 1. The average molecular weight is 311 g/mol. The van der Waals surface area contributed by atoms with Gasteiger partial charge in [-0.2, -0.15) is 0 Å². The van der Waals surface area contributed by atoms with Gasteiger partial charge < -0.3 is 4.90 Å². The number of hydrogen-bond donors (Lipinski definition) is 0. The number of benzene rings is 2. The molecule has 0 atom stereocenters. The molecule has 1 heterocycles. The molecule has 0 radical (unpaired) electrons. The van der Waals surface area contributed by atoms with Crippen molar-refractivity contribution in [1.29, 1.82) is 0 Å². The Morgan fingerprint density at radius 3 is 2.68 bits per heavy atom. The summed E-state index contributed by atoms with van der Waals surface area (Å²) < 4.78 is 0. The molecule has 0 bridgehead atoms. The molecule has 1 aromatic heterocycles. The Labute approximate surface area is 134 Å². The van der Waals surface area contributed by atoms with Crippen LogP contribution >= 0.6 is 11.6 Å². The summed E-state index contributed by atoms with van der Waals surface area (Å²) in [6.07, 6.45) is 1.55. The van der Waals surface area contributed by atoms with E-state index in [9.17, 15) is 4.79 Å².